The van der Waals surface area contributed by atoms with E-state index in [4.69, 9.17) is 0 Å². The number of halogens is 1. The van der Waals surface area contributed by atoms with E-state index in [0.29, 0.717) is 10.2 Å². The summed E-state index contributed by atoms with van der Waals surface area (Å²) in [5.74, 6) is 0.0556. The second-order valence-electron chi connectivity index (χ2n) is 4.24. The second-order valence-corrected chi connectivity index (χ2v) is 5.04. The second kappa shape index (κ2) is 5.51. The summed E-state index contributed by atoms with van der Waals surface area (Å²) < 4.78 is 1.63. The Morgan fingerprint density at radius 3 is 2.83 bits per heavy atom. The average molecular weight is 315 g/mol. The largest absolute Gasteiger partial charge is 0.374 e. The molecule has 1 aromatic heterocycles. The van der Waals surface area contributed by atoms with Crippen molar-refractivity contribution >= 4 is 27.5 Å². The van der Waals surface area contributed by atoms with Gasteiger partial charge in [-0.05, 0) is 28.8 Å². The number of likely N-dealkylation sites (tertiary alicyclic amines) is 1. The van der Waals surface area contributed by atoms with Crippen LogP contribution in [-0.2, 0) is 11.8 Å². The van der Waals surface area contributed by atoms with E-state index in [1.165, 1.54) is 10.9 Å². The molecule has 0 aromatic carbocycles. The van der Waals surface area contributed by atoms with E-state index in [1.54, 1.807) is 7.05 Å². The average Bonchev–Trinajstić information content (AvgIpc) is 2.89. The maximum Gasteiger partial charge on any atom is 0.282 e. The molecule has 2 rings (SSSR count). The third kappa shape index (κ3) is 2.72. The van der Waals surface area contributed by atoms with E-state index in [-0.39, 0.29) is 18.0 Å². The highest BCUT2D eigenvalue weighted by molar-refractivity contribution is 9.10. The molecule has 0 saturated carbocycles. The van der Waals surface area contributed by atoms with E-state index in [1.807, 2.05) is 4.90 Å². The summed E-state index contributed by atoms with van der Waals surface area (Å²) in [5.41, 5.74) is 0.319. The fourth-order valence-corrected chi connectivity index (χ4v) is 2.38. The molecule has 1 amide bonds. The zero-order valence-corrected chi connectivity index (χ0v) is 11.7. The van der Waals surface area contributed by atoms with Gasteiger partial charge in [-0.25, -0.2) is 4.68 Å². The molecule has 0 bridgehead atoms. The van der Waals surface area contributed by atoms with E-state index in [2.05, 4.69) is 26.3 Å². The molecule has 0 spiro atoms. The number of amides is 1. The molecule has 6 nitrogen and oxygen atoms in total. The Bertz CT molecular complexity index is 508. The van der Waals surface area contributed by atoms with Crippen LogP contribution in [0, 0.1) is 0 Å². The number of nitrogens with zero attached hydrogens (tertiary/aromatic N) is 3. The number of hydrogen-bond acceptors (Lipinski definition) is 4. The molecule has 0 unspecified atom stereocenters. The van der Waals surface area contributed by atoms with Crippen molar-refractivity contribution in [2.24, 2.45) is 7.05 Å². The maximum atomic E-state index is 11.8. The number of aromatic nitrogens is 2. The van der Waals surface area contributed by atoms with Crippen molar-refractivity contribution in [1.29, 1.82) is 0 Å². The monoisotopic (exact) mass is 314 g/mol. The van der Waals surface area contributed by atoms with Gasteiger partial charge in [0.25, 0.3) is 5.56 Å². The van der Waals surface area contributed by atoms with Crippen LogP contribution in [0.4, 0.5) is 5.69 Å². The van der Waals surface area contributed by atoms with Crippen molar-refractivity contribution in [3.8, 4) is 0 Å². The highest BCUT2D eigenvalue weighted by Crippen LogP contribution is 2.16. The molecule has 1 saturated heterocycles. The topological polar surface area (TPSA) is 67.2 Å². The molecule has 1 aliphatic heterocycles. The van der Waals surface area contributed by atoms with Crippen molar-refractivity contribution in [3.63, 3.8) is 0 Å². The third-order valence-electron chi connectivity index (χ3n) is 2.97. The van der Waals surface area contributed by atoms with Crippen LogP contribution >= 0.6 is 15.9 Å². The number of carbonyl (C=O) groups excluding carboxylic acids is 1. The van der Waals surface area contributed by atoms with Crippen molar-refractivity contribution in [3.05, 3.63) is 21.0 Å². The first-order valence-electron chi connectivity index (χ1n) is 5.83. The Kier molecular flexibility index (Phi) is 4.00. The number of anilines is 1. The molecule has 1 N–H and O–H groups in total. The van der Waals surface area contributed by atoms with Crippen LogP contribution in [0.5, 0.6) is 0 Å². The number of nitrogens with one attached hydrogen (secondary N) is 1. The van der Waals surface area contributed by atoms with Crippen LogP contribution in [0.3, 0.4) is 0 Å². The van der Waals surface area contributed by atoms with Gasteiger partial charge in [0.1, 0.15) is 4.47 Å². The lowest BCUT2D eigenvalue weighted by molar-refractivity contribution is -0.128. The predicted octanol–water partition coefficient (Wildman–Crippen LogP) is 0.577. The summed E-state index contributed by atoms with van der Waals surface area (Å²) in [4.78, 5) is 25.3. The highest BCUT2D eigenvalue weighted by atomic mass is 79.9. The molecule has 0 radical (unpaired) electrons. The molecule has 1 aromatic rings. The van der Waals surface area contributed by atoms with Crippen molar-refractivity contribution in [1.82, 2.24) is 14.7 Å². The quantitative estimate of drug-likeness (QED) is 0.886. The van der Waals surface area contributed by atoms with Gasteiger partial charge in [-0.2, -0.15) is 5.10 Å². The van der Waals surface area contributed by atoms with Gasteiger partial charge in [0.05, 0.1) is 18.4 Å². The Labute approximate surface area is 113 Å². The summed E-state index contributed by atoms with van der Waals surface area (Å²) in [6.45, 7) is 1.85. The van der Waals surface area contributed by atoms with E-state index in [0.717, 1.165) is 25.9 Å². The van der Waals surface area contributed by atoms with Crippen molar-refractivity contribution in [2.45, 2.75) is 12.8 Å². The molecule has 2 heterocycles. The van der Waals surface area contributed by atoms with Gasteiger partial charge in [0, 0.05) is 20.1 Å². The van der Waals surface area contributed by atoms with Gasteiger partial charge in [-0.1, -0.05) is 0 Å². The highest BCUT2D eigenvalue weighted by Gasteiger charge is 2.17. The maximum absolute atomic E-state index is 11.8. The lowest BCUT2D eigenvalue weighted by Crippen LogP contribution is -2.33. The SMILES string of the molecule is Cn1ncc(NCC(=O)N2CCCC2)c(Br)c1=O. The molecule has 7 heteroatoms. The normalized spacial score (nSPS) is 14.9. The lowest BCUT2D eigenvalue weighted by atomic mass is 10.4. The standard InChI is InChI=1S/C11H15BrN4O2/c1-15-11(18)10(12)8(6-14-15)13-7-9(17)16-4-2-3-5-16/h6,13H,2-5,7H2,1H3. The van der Waals surface area contributed by atoms with Gasteiger partial charge in [0.2, 0.25) is 5.91 Å². The van der Waals surface area contributed by atoms with Crippen LogP contribution in [0.15, 0.2) is 15.5 Å². The van der Waals surface area contributed by atoms with Crippen LogP contribution < -0.4 is 10.9 Å². The zero-order chi connectivity index (χ0) is 13.1. The first kappa shape index (κ1) is 13.1. The Morgan fingerprint density at radius 1 is 1.50 bits per heavy atom. The van der Waals surface area contributed by atoms with Gasteiger partial charge in [-0.15, -0.1) is 0 Å². The number of hydrogen-bond donors (Lipinski definition) is 1. The molecule has 98 valence electrons. The Morgan fingerprint density at radius 2 is 2.17 bits per heavy atom. The van der Waals surface area contributed by atoms with Crippen molar-refractivity contribution in [2.75, 3.05) is 25.0 Å². The Balaban J connectivity index is 2.00. The predicted molar refractivity (Wildman–Crippen MR) is 71.5 cm³/mol. The molecule has 18 heavy (non-hydrogen) atoms. The number of carbonyl (C=O) groups is 1. The van der Waals surface area contributed by atoms with Gasteiger partial charge in [0.15, 0.2) is 0 Å². The summed E-state index contributed by atoms with van der Waals surface area (Å²) >= 11 is 3.20. The number of rotatable bonds is 3. The lowest BCUT2D eigenvalue weighted by Gasteiger charge is -2.16. The van der Waals surface area contributed by atoms with Gasteiger partial charge in [-0.3, -0.25) is 9.59 Å². The summed E-state index contributed by atoms with van der Waals surface area (Å²) in [7, 11) is 1.58. The van der Waals surface area contributed by atoms with Crippen LogP contribution in [0.2, 0.25) is 0 Å². The Hall–Kier alpha value is -1.37. The number of aryl methyl sites for hydroxylation is 1. The van der Waals surface area contributed by atoms with Crippen LogP contribution in [0.25, 0.3) is 0 Å². The van der Waals surface area contributed by atoms with Gasteiger partial charge >= 0.3 is 0 Å². The van der Waals surface area contributed by atoms with Crippen molar-refractivity contribution < 1.29 is 4.79 Å². The minimum Gasteiger partial charge on any atom is -0.374 e. The molecule has 1 fully saturated rings. The van der Waals surface area contributed by atoms with E-state index in [9.17, 15) is 9.59 Å². The molecule has 0 aliphatic carbocycles. The molecule has 0 atom stereocenters. The van der Waals surface area contributed by atoms with E-state index < -0.39 is 0 Å². The van der Waals surface area contributed by atoms with Crippen LogP contribution in [0.1, 0.15) is 12.8 Å². The smallest absolute Gasteiger partial charge is 0.282 e. The first-order valence-corrected chi connectivity index (χ1v) is 6.62. The fraction of sp³-hybridized carbons (Fsp3) is 0.545. The molecule has 1 aliphatic rings. The molecular weight excluding hydrogens is 300 g/mol. The van der Waals surface area contributed by atoms with Gasteiger partial charge < -0.3 is 10.2 Å². The zero-order valence-electron chi connectivity index (χ0n) is 10.1. The summed E-state index contributed by atoms with van der Waals surface area (Å²) in [5, 5.41) is 6.85. The first-order chi connectivity index (χ1) is 8.59. The van der Waals surface area contributed by atoms with Crippen LogP contribution in [-0.4, -0.2) is 40.2 Å². The summed E-state index contributed by atoms with van der Waals surface area (Å²) in [6, 6.07) is 0. The summed E-state index contributed by atoms with van der Waals surface area (Å²) in [6.07, 6.45) is 3.68. The minimum absolute atomic E-state index is 0.0556. The minimum atomic E-state index is -0.228. The molecular formula is C11H15BrN4O2. The third-order valence-corrected chi connectivity index (χ3v) is 3.73. The fourth-order valence-electron chi connectivity index (χ4n) is 1.88. The van der Waals surface area contributed by atoms with E-state index >= 15 is 0 Å².